The highest BCUT2D eigenvalue weighted by Crippen LogP contribution is 2.26. The molecule has 0 bridgehead atoms. The fourth-order valence-electron chi connectivity index (χ4n) is 3.17. The standard InChI is InChI=1S/C25H23N5O3S/c1-17(34-25-29-26-16-30(25)20-8-4-3-5-9-20)23(31)27-19-14-12-18(13-15-19)24(32)28-21-10-6-7-11-22(21)33-2/h3-17H,1-2H3,(H,27,31)(H,28,32). The summed E-state index contributed by atoms with van der Waals surface area (Å²) in [5, 5.41) is 14.0. The van der Waals surface area contributed by atoms with Crippen LogP contribution >= 0.6 is 11.8 Å². The molecule has 0 saturated heterocycles. The van der Waals surface area contributed by atoms with Crippen LogP contribution in [0.3, 0.4) is 0 Å². The number of carbonyl (C=O) groups excluding carboxylic acids is 2. The van der Waals surface area contributed by atoms with Gasteiger partial charge >= 0.3 is 0 Å². The van der Waals surface area contributed by atoms with Crippen LogP contribution in [0.4, 0.5) is 11.4 Å². The Morgan fingerprint density at radius 3 is 2.38 bits per heavy atom. The lowest BCUT2D eigenvalue weighted by Crippen LogP contribution is -2.23. The zero-order valence-corrected chi connectivity index (χ0v) is 19.5. The van der Waals surface area contributed by atoms with E-state index < -0.39 is 5.25 Å². The first kappa shape index (κ1) is 23.1. The smallest absolute Gasteiger partial charge is 0.255 e. The van der Waals surface area contributed by atoms with E-state index >= 15 is 0 Å². The third-order valence-electron chi connectivity index (χ3n) is 4.97. The van der Waals surface area contributed by atoms with Gasteiger partial charge in [0, 0.05) is 16.9 Å². The molecule has 1 atom stereocenters. The van der Waals surface area contributed by atoms with Crippen molar-refractivity contribution in [2.24, 2.45) is 0 Å². The van der Waals surface area contributed by atoms with Crippen LogP contribution in [0.1, 0.15) is 17.3 Å². The number of para-hydroxylation sites is 3. The van der Waals surface area contributed by atoms with Crippen molar-refractivity contribution in [3.05, 3.63) is 90.8 Å². The predicted molar refractivity (Wildman–Crippen MR) is 133 cm³/mol. The van der Waals surface area contributed by atoms with Gasteiger partial charge in [0.2, 0.25) is 5.91 Å². The van der Waals surface area contributed by atoms with E-state index in [2.05, 4.69) is 20.8 Å². The predicted octanol–water partition coefficient (Wildman–Crippen LogP) is 4.65. The molecular weight excluding hydrogens is 450 g/mol. The van der Waals surface area contributed by atoms with Crippen LogP contribution in [0.2, 0.25) is 0 Å². The van der Waals surface area contributed by atoms with Crippen LogP contribution in [-0.4, -0.2) is 38.9 Å². The van der Waals surface area contributed by atoms with Crippen molar-refractivity contribution in [2.75, 3.05) is 17.7 Å². The molecule has 1 heterocycles. The highest BCUT2D eigenvalue weighted by Gasteiger charge is 2.19. The average molecular weight is 474 g/mol. The summed E-state index contributed by atoms with van der Waals surface area (Å²) in [6, 6.07) is 23.6. The Morgan fingerprint density at radius 1 is 0.941 bits per heavy atom. The number of nitrogens with one attached hydrogen (secondary N) is 2. The van der Waals surface area contributed by atoms with Crippen molar-refractivity contribution < 1.29 is 14.3 Å². The number of nitrogens with zero attached hydrogens (tertiary/aromatic N) is 3. The number of thioether (sulfide) groups is 1. The number of aromatic nitrogens is 3. The number of hydrogen-bond donors (Lipinski definition) is 2. The number of rotatable bonds is 8. The van der Waals surface area contributed by atoms with Crippen LogP contribution in [-0.2, 0) is 4.79 Å². The summed E-state index contributed by atoms with van der Waals surface area (Å²) >= 11 is 1.31. The number of carbonyl (C=O) groups is 2. The number of amides is 2. The minimum atomic E-state index is -0.416. The van der Waals surface area contributed by atoms with E-state index in [9.17, 15) is 9.59 Å². The Morgan fingerprint density at radius 2 is 1.65 bits per heavy atom. The summed E-state index contributed by atoms with van der Waals surface area (Å²) in [5.41, 5.74) is 2.56. The van der Waals surface area contributed by atoms with Crippen molar-refractivity contribution in [1.82, 2.24) is 14.8 Å². The summed E-state index contributed by atoms with van der Waals surface area (Å²) in [5.74, 6) is 0.125. The Bertz CT molecular complexity index is 1280. The van der Waals surface area contributed by atoms with Gasteiger partial charge in [0.25, 0.3) is 5.91 Å². The van der Waals surface area contributed by atoms with Crippen molar-refractivity contribution >= 4 is 35.0 Å². The Labute approximate surface area is 201 Å². The fraction of sp³-hybridized carbons (Fsp3) is 0.120. The van der Waals surface area contributed by atoms with Crippen LogP contribution in [0.15, 0.2) is 90.3 Å². The number of benzene rings is 3. The number of anilines is 2. The van der Waals surface area contributed by atoms with E-state index in [4.69, 9.17) is 4.74 Å². The van der Waals surface area contributed by atoms with Crippen LogP contribution in [0.25, 0.3) is 5.69 Å². The molecule has 2 N–H and O–H groups in total. The van der Waals surface area contributed by atoms with E-state index in [1.807, 2.05) is 47.0 Å². The van der Waals surface area contributed by atoms with E-state index in [1.54, 1.807) is 56.8 Å². The lowest BCUT2D eigenvalue weighted by Gasteiger charge is -2.13. The summed E-state index contributed by atoms with van der Waals surface area (Å²) in [7, 11) is 1.55. The second-order valence-corrected chi connectivity index (χ2v) is 8.61. The van der Waals surface area contributed by atoms with Gasteiger partial charge in [-0.3, -0.25) is 14.2 Å². The molecule has 1 aromatic heterocycles. The molecule has 2 amide bonds. The maximum Gasteiger partial charge on any atom is 0.255 e. The van der Waals surface area contributed by atoms with Gasteiger partial charge in [-0.1, -0.05) is 42.1 Å². The van der Waals surface area contributed by atoms with Gasteiger partial charge in [-0.2, -0.15) is 0 Å². The molecule has 4 rings (SSSR count). The molecule has 0 aliphatic carbocycles. The van der Waals surface area contributed by atoms with Gasteiger partial charge in [0.05, 0.1) is 18.0 Å². The molecule has 9 heteroatoms. The summed E-state index contributed by atoms with van der Waals surface area (Å²) in [6.45, 7) is 1.80. The van der Waals surface area contributed by atoms with E-state index in [0.717, 1.165) is 5.69 Å². The molecule has 4 aromatic rings. The van der Waals surface area contributed by atoms with Crippen molar-refractivity contribution in [3.63, 3.8) is 0 Å². The number of ether oxygens (including phenoxy) is 1. The molecule has 172 valence electrons. The van der Waals surface area contributed by atoms with E-state index in [-0.39, 0.29) is 11.8 Å². The van der Waals surface area contributed by atoms with Gasteiger partial charge in [-0.25, -0.2) is 0 Å². The van der Waals surface area contributed by atoms with Crippen LogP contribution in [0, 0.1) is 0 Å². The van der Waals surface area contributed by atoms with Gasteiger partial charge in [0.1, 0.15) is 12.1 Å². The first-order chi connectivity index (χ1) is 16.5. The highest BCUT2D eigenvalue weighted by molar-refractivity contribution is 8.00. The van der Waals surface area contributed by atoms with Gasteiger partial charge in [-0.05, 0) is 55.5 Å². The molecule has 0 saturated carbocycles. The molecule has 0 radical (unpaired) electrons. The third-order valence-corrected chi connectivity index (χ3v) is 6.03. The lowest BCUT2D eigenvalue weighted by atomic mass is 10.2. The molecular formula is C25H23N5O3S. The molecule has 0 aliphatic heterocycles. The van der Waals surface area contributed by atoms with Crippen molar-refractivity contribution in [1.29, 1.82) is 0 Å². The third kappa shape index (κ3) is 5.44. The van der Waals surface area contributed by atoms with Crippen molar-refractivity contribution in [2.45, 2.75) is 17.3 Å². The minimum absolute atomic E-state index is 0.182. The van der Waals surface area contributed by atoms with E-state index in [0.29, 0.717) is 27.8 Å². The number of hydrogen-bond acceptors (Lipinski definition) is 6. The summed E-state index contributed by atoms with van der Waals surface area (Å²) in [6.07, 6.45) is 1.62. The second-order valence-electron chi connectivity index (χ2n) is 7.30. The van der Waals surface area contributed by atoms with Crippen molar-refractivity contribution in [3.8, 4) is 11.4 Å². The molecule has 0 fully saturated rings. The maximum absolute atomic E-state index is 12.7. The Balaban J connectivity index is 1.37. The van der Waals surface area contributed by atoms with Gasteiger partial charge in [0.15, 0.2) is 5.16 Å². The molecule has 8 nitrogen and oxygen atoms in total. The monoisotopic (exact) mass is 473 g/mol. The van der Waals surface area contributed by atoms with Gasteiger partial charge in [-0.15, -0.1) is 10.2 Å². The summed E-state index contributed by atoms with van der Waals surface area (Å²) in [4.78, 5) is 25.3. The normalized spacial score (nSPS) is 11.5. The lowest BCUT2D eigenvalue weighted by molar-refractivity contribution is -0.115. The van der Waals surface area contributed by atoms with Crippen LogP contribution < -0.4 is 15.4 Å². The average Bonchev–Trinajstić information content (AvgIpc) is 3.33. The first-order valence-corrected chi connectivity index (χ1v) is 11.4. The topological polar surface area (TPSA) is 98.1 Å². The maximum atomic E-state index is 12.7. The first-order valence-electron chi connectivity index (χ1n) is 10.5. The fourth-order valence-corrected chi connectivity index (χ4v) is 4.02. The van der Waals surface area contributed by atoms with Crippen LogP contribution in [0.5, 0.6) is 5.75 Å². The zero-order chi connectivity index (χ0) is 23.9. The Kier molecular flexibility index (Phi) is 7.24. The zero-order valence-electron chi connectivity index (χ0n) is 18.6. The number of methoxy groups -OCH3 is 1. The molecule has 0 aliphatic rings. The molecule has 0 spiro atoms. The van der Waals surface area contributed by atoms with Gasteiger partial charge < -0.3 is 15.4 Å². The van der Waals surface area contributed by atoms with E-state index in [1.165, 1.54) is 11.8 Å². The summed E-state index contributed by atoms with van der Waals surface area (Å²) < 4.78 is 7.10. The second kappa shape index (κ2) is 10.7. The highest BCUT2D eigenvalue weighted by atomic mass is 32.2. The largest absolute Gasteiger partial charge is 0.495 e. The molecule has 34 heavy (non-hydrogen) atoms. The Hall–Kier alpha value is -4.11. The molecule has 1 unspecified atom stereocenters. The SMILES string of the molecule is COc1ccccc1NC(=O)c1ccc(NC(=O)C(C)Sc2nncn2-c2ccccc2)cc1. The quantitative estimate of drug-likeness (QED) is 0.362. The molecule has 3 aromatic carbocycles. The minimum Gasteiger partial charge on any atom is -0.495 e.